The lowest BCUT2D eigenvalue weighted by molar-refractivity contribution is 0.272. The second-order valence-corrected chi connectivity index (χ2v) is 6.19. The second-order valence-electron chi connectivity index (χ2n) is 4.36. The summed E-state index contributed by atoms with van der Waals surface area (Å²) < 4.78 is 1.96. The molecule has 1 N–H and O–H groups in total. The molecule has 0 saturated heterocycles. The van der Waals surface area contributed by atoms with E-state index in [1.807, 2.05) is 16.0 Å². The van der Waals surface area contributed by atoms with Crippen molar-refractivity contribution in [1.82, 2.24) is 9.38 Å². The predicted octanol–water partition coefficient (Wildman–Crippen LogP) is 3.49. The van der Waals surface area contributed by atoms with Gasteiger partial charge in [-0.05, 0) is 12.5 Å². The summed E-state index contributed by atoms with van der Waals surface area (Å²) in [7, 11) is 0. The van der Waals surface area contributed by atoms with Crippen LogP contribution in [-0.2, 0) is 12.4 Å². The van der Waals surface area contributed by atoms with Crippen LogP contribution in [0.4, 0.5) is 0 Å². The van der Waals surface area contributed by atoms with Gasteiger partial charge < -0.3 is 5.11 Å². The molecule has 2 heterocycles. The summed E-state index contributed by atoms with van der Waals surface area (Å²) >= 11 is 3.27. The third-order valence-corrected chi connectivity index (χ3v) is 4.77. The van der Waals surface area contributed by atoms with Crippen molar-refractivity contribution in [2.45, 2.75) is 24.3 Å². The molecule has 19 heavy (non-hydrogen) atoms. The number of hydrogen-bond acceptors (Lipinski definition) is 4. The standard InChI is InChI=1S/C14H14N2OS2/c1-10-3-2-4-11(7-10)9-19-13-12(8-17)16-5-6-18-14(16)15-13/h2-7,17H,8-9H2,1H3. The first-order valence-electron chi connectivity index (χ1n) is 6.01. The van der Waals surface area contributed by atoms with Gasteiger partial charge in [0.05, 0.1) is 12.3 Å². The second kappa shape index (κ2) is 5.36. The number of thioether (sulfide) groups is 1. The van der Waals surface area contributed by atoms with Gasteiger partial charge in [0.15, 0.2) is 4.96 Å². The van der Waals surface area contributed by atoms with Crippen LogP contribution in [0.2, 0.25) is 0 Å². The van der Waals surface area contributed by atoms with E-state index in [9.17, 15) is 5.11 Å². The minimum atomic E-state index is 0.0219. The molecule has 3 aromatic rings. The van der Waals surface area contributed by atoms with E-state index >= 15 is 0 Å². The van der Waals surface area contributed by atoms with Gasteiger partial charge in [-0.25, -0.2) is 4.98 Å². The third-order valence-electron chi connectivity index (χ3n) is 2.93. The van der Waals surface area contributed by atoms with Gasteiger partial charge >= 0.3 is 0 Å². The van der Waals surface area contributed by atoms with Crippen molar-refractivity contribution in [2.24, 2.45) is 0 Å². The highest BCUT2D eigenvalue weighted by molar-refractivity contribution is 7.98. The van der Waals surface area contributed by atoms with Crippen molar-refractivity contribution < 1.29 is 5.11 Å². The fraction of sp³-hybridized carbons (Fsp3) is 0.214. The molecule has 3 nitrogen and oxygen atoms in total. The lowest BCUT2D eigenvalue weighted by Gasteiger charge is -2.02. The maximum absolute atomic E-state index is 9.50. The molecule has 1 aromatic carbocycles. The number of nitrogens with zero attached hydrogens (tertiary/aromatic N) is 2. The first kappa shape index (κ1) is 12.7. The first-order chi connectivity index (χ1) is 9.28. The zero-order valence-corrected chi connectivity index (χ0v) is 12.2. The molecular formula is C14H14N2OS2. The van der Waals surface area contributed by atoms with Gasteiger partial charge in [0.1, 0.15) is 5.03 Å². The van der Waals surface area contributed by atoms with Gasteiger partial charge in [0.25, 0.3) is 0 Å². The molecule has 98 valence electrons. The summed E-state index contributed by atoms with van der Waals surface area (Å²) in [4.78, 5) is 5.51. The average Bonchev–Trinajstić information content (AvgIpc) is 2.96. The Morgan fingerprint density at radius 1 is 1.42 bits per heavy atom. The molecule has 0 atom stereocenters. The van der Waals surface area contributed by atoms with E-state index in [0.717, 1.165) is 21.4 Å². The molecule has 0 amide bonds. The van der Waals surface area contributed by atoms with E-state index in [2.05, 4.69) is 36.2 Å². The summed E-state index contributed by atoms with van der Waals surface area (Å²) in [5, 5.41) is 12.4. The molecule has 0 spiro atoms. The molecule has 0 radical (unpaired) electrons. The van der Waals surface area contributed by atoms with Crippen molar-refractivity contribution in [3.05, 3.63) is 52.7 Å². The molecule has 0 bridgehead atoms. The Labute approximate surface area is 119 Å². The van der Waals surface area contributed by atoms with Crippen molar-refractivity contribution in [1.29, 1.82) is 0 Å². The van der Waals surface area contributed by atoms with Gasteiger partial charge in [-0.3, -0.25) is 4.40 Å². The van der Waals surface area contributed by atoms with Crippen LogP contribution in [0.3, 0.4) is 0 Å². The van der Waals surface area contributed by atoms with Crippen LogP contribution < -0.4 is 0 Å². The van der Waals surface area contributed by atoms with Crippen LogP contribution in [-0.4, -0.2) is 14.5 Å². The lowest BCUT2D eigenvalue weighted by Crippen LogP contribution is -1.91. The van der Waals surface area contributed by atoms with Crippen molar-refractivity contribution in [3.63, 3.8) is 0 Å². The smallest absolute Gasteiger partial charge is 0.195 e. The number of benzene rings is 1. The molecule has 0 aliphatic carbocycles. The zero-order chi connectivity index (χ0) is 13.2. The number of aliphatic hydroxyl groups excluding tert-OH is 1. The topological polar surface area (TPSA) is 37.5 Å². The zero-order valence-electron chi connectivity index (χ0n) is 10.5. The van der Waals surface area contributed by atoms with Gasteiger partial charge in [-0.2, -0.15) is 0 Å². The number of imidazole rings is 1. The van der Waals surface area contributed by atoms with Crippen LogP contribution >= 0.6 is 23.1 Å². The molecule has 0 saturated carbocycles. The highest BCUT2D eigenvalue weighted by Gasteiger charge is 2.12. The van der Waals surface area contributed by atoms with Gasteiger partial charge in [0.2, 0.25) is 0 Å². The fourth-order valence-electron chi connectivity index (χ4n) is 2.03. The molecular weight excluding hydrogens is 276 g/mol. The number of aryl methyl sites for hydroxylation is 1. The minimum Gasteiger partial charge on any atom is -0.390 e. The molecule has 3 rings (SSSR count). The first-order valence-corrected chi connectivity index (χ1v) is 7.88. The molecule has 0 aliphatic heterocycles. The highest BCUT2D eigenvalue weighted by atomic mass is 32.2. The molecule has 2 aromatic heterocycles. The number of aliphatic hydroxyl groups is 1. The van der Waals surface area contributed by atoms with Gasteiger partial charge in [-0.1, -0.05) is 41.6 Å². The quantitative estimate of drug-likeness (QED) is 0.747. The largest absolute Gasteiger partial charge is 0.390 e. The minimum absolute atomic E-state index is 0.0219. The number of rotatable bonds is 4. The Morgan fingerprint density at radius 2 is 2.32 bits per heavy atom. The predicted molar refractivity (Wildman–Crippen MR) is 79.7 cm³/mol. The Morgan fingerprint density at radius 3 is 3.11 bits per heavy atom. The van der Waals surface area contributed by atoms with E-state index in [1.54, 1.807) is 23.1 Å². The van der Waals surface area contributed by atoms with Gasteiger partial charge in [-0.15, -0.1) is 11.3 Å². The SMILES string of the molecule is Cc1cccc(CSc2nc3sccn3c2CO)c1. The summed E-state index contributed by atoms with van der Waals surface area (Å²) in [5.41, 5.74) is 3.44. The van der Waals surface area contributed by atoms with E-state index in [4.69, 9.17) is 0 Å². The maximum atomic E-state index is 9.50. The van der Waals surface area contributed by atoms with E-state index in [1.165, 1.54) is 11.1 Å². The third kappa shape index (κ3) is 2.54. The Balaban J connectivity index is 1.83. The van der Waals surface area contributed by atoms with E-state index in [-0.39, 0.29) is 6.61 Å². The van der Waals surface area contributed by atoms with Crippen molar-refractivity contribution in [3.8, 4) is 0 Å². The molecule has 0 fully saturated rings. The van der Waals surface area contributed by atoms with Crippen LogP contribution in [0.15, 0.2) is 40.9 Å². The summed E-state index contributed by atoms with van der Waals surface area (Å²) in [6.45, 7) is 2.12. The summed E-state index contributed by atoms with van der Waals surface area (Å²) in [5.74, 6) is 0.875. The van der Waals surface area contributed by atoms with Crippen LogP contribution in [0.25, 0.3) is 4.96 Å². The lowest BCUT2D eigenvalue weighted by atomic mass is 10.2. The fourth-order valence-corrected chi connectivity index (χ4v) is 3.78. The van der Waals surface area contributed by atoms with E-state index < -0.39 is 0 Å². The summed E-state index contributed by atoms with van der Waals surface area (Å²) in [6.07, 6.45) is 1.95. The number of hydrogen-bond donors (Lipinski definition) is 1. The van der Waals surface area contributed by atoms with Crippen LogP contribution in [0.1, 0.15) is 16.8 Å². The van der Waals surface area contributed by atoms with E-state index in [0.29, 0.717) is 0 Å². The average molecular weight is 290 g/mol. The number of aromatic nitrogens is 2. The maximum Gasteiger partial charge on any atom is 0.195 e. The highest BCUT2D eigenvalue weighted by Crippen LogP contribution is 2.28. The van der Waals surface area contributed by atoms with Crippen LogP contribution in [0, 0.1) is 6.92 Å². The monoisotopic (exact) mass is 290 g/mol. The number of fused-ring (bicyclic) bond motifs is 1. The molecule has 0 aliphatic rings. The summed E-state index contributed by atoms with van der Waals surface area (Å²) in [6, 6.07) is 8.48. The molecule has 0 unspecified atom stereocenters. The van der Waals surface area contributed by atoms with Crippen molar-refractivity contribution in [2.75, 3.05) is 0 Å². The number of thiazole rings is 1. The van der Waals surface area contributed by atoms with Crippen molar-refractivity contribution >= 4 is 28.1 Å². The Kier molecular flexibility index (Phi) is 3.59. The normalized spacial score (nSPS) is 11.3. The Bertz CT molecular complexity index is 702. The Hall–Kier alpha value is -1.30. The van der Waals surface area contributed by atoms with Gasteiger partial charge in [0, 0.05) is 17.3 Å². The van der Waals surface area contributed by atoms with Crippen LogP contribution in [0.5, 0.6) is 0 Å². The molecule has 5 heteroatoms.